The van der Waals surface area contributed by atoms with Crippen LogP contribution in [-0.4, -0.2) is 62.9 Å². The Morgan fingerprint density at radius 1 is 0.827 bits per heavy atom. The molecular weight excluding hydrogens is 677 g/mol. The van der Waals surface area contributed by atoms with Crippen LogP contribution in [0.4, 0.5) is 22.7 Å². The van der Waals surface area contributed by atoms with E-state index in [1.165, 1.54) is 28.8 Å². The average Bonchev–Trinajstić information content (AvgIpc) is 3.17. The number of piperazine rings is 1. The summed E-state index contributed by atoms with van der Waals surface area (Å²) in [5, 5.41) is 18.1. The van der Waals surface area contributed by atoms with Crippen LogP contribution in [0, 0.1) is 10.1 Å². The number of hydrogen-bond donors (Lipinski definition) is 3. The molecular formula is C40H40N6O5S. The van der Waals surface area contributed by atoms with Crippen LogP contribution < -0.4 is 20.3 Å². The maximum absolute atomic E-state index is 13.3. The number of benzene rings is 5. The molecule has 0 aromatic heterocycles. The highest BCUT2D eigenvalue weighted by atomic mass is 32.2. The first-order valence-corrected chi connectivity index (χ1v) is 18.9. The lowest BCUT2D eigenvalue weighted by atomic mass is 9.92. The molecule has 5 aromatic carbocycles. The lowest BCUT2D eigenvalue weighted by molar-refractivity contribution is -0.384. The van der Waals surface area contributed by atoms with Gasteiger partial charge in [0, 0.05) is 68.3 Å². The van der Waals surface area contributed by atoms with Crippen molar-refractivity contribution in [2.75, 3.05) is 48.3 Å². The fourth-order valence-electron chi connectivity index (χ4n) is 7.13. The molecule has 0 spiro atoms. The Morgan fingerprint density at radius 3 is 2.35 bits per heavy atom. The summed E-state index contributed by atoms with van der Waals surface area (Å²) in [7, 11) is -4.39. The number of hydrogen-bond acceptors (Lipinski definition) is 9. The van der Waals surface area contributed by atoms with Crippen LogP contribution in [0.25, 0.3) is 11.1 Å². The number of nitrogens with one attached hydrogen (secondary N) is 3. The van der Waals surface area contributed by atoms with Gasteiger partial charge in [0.15, 0.2) is 0 Å². The van der Waals surface area contributed by atoms with Gasteiger partial charge >= 0.3 is 0 Å². The van der Waals surface area contributed by atoms with Crippen molar-refractivity contribution < 1.29 is 18.1 Å². The Labute approximate surface area is 303 Å². The molecule has 0 aliphatic carbocycles. The van der Waals surface area contributed by atoms with Crippen molar-refractivity contribution >= 4 is 38.7 Å². The Balaban J connectivity index is 0.979. The Kier molecular flexibility index (Phi) is 10.2. The van der Waals surface area contributed by atoms with Crippen LogP contribution >= 0.6 is 0 Å². The normalized spacial score (nSPS) is 15.6. The summed E-state index contributed by atoms with van der Waals surface area (Å²) in [6, 6.07) is 37.8. The fraction of sp³-hybridized carbons (Fsp3) is 0.225. The standard InChI is InChI=1S/C40H40N6O5S/c47-40(43-52(50,51)35-18-19-37(39(26-35)46(48)49)42-22-21-41-33-12-5-2-6-13-33)31-16-20-38-30(25-31)15-17-34-28-44(23-24-45(34)38)27-32-11-7-8-14-36(32)29-9-3-1-4-10-29/h1-14,16,18-20,25-26,34,41-42H,15,17,21-24,27-28H2,(H,43,47)/t34-/m0/s1. The van der Waals surface area contributed by atoms with Gasteiger partial charge in [0.05, 0.1) is 9.82 Å². The van der Waals surface area contributed by atoms with E-state index in [9.17, 15) is 23.3 Å². The number of nitro groups is 1. The Bertz CT molecular complexity index is 2180. The smallest absolute Gasteiger partial charge is 0.293 e. The van der Waals surface area contributed by atoms with E-state index in [1.807, 2.05) is 42.5 Å². The molecule has 5 aromatic rings. The number of aryl methyl sites for hydroxylation is 1. The number of para-hydroxylation sites is 1. The molecule has 266 valence electrons. The van der Waals surface area contributed by atoms with Crippen molar-refractivity contribution in [3.05, 3.63) is 148 Å². The fourth-order valence-corrected chi connectivity index (χ4v) is 8.13. The van der Waals surface area contributed by atoms with Crippen LogP contribution in [0.2, 0.25) is 0 Å². The van der Waals surface area contributed by atoms with Gasteiger partial charge in [-0.05, 0) is 77.6 Å². The first kappa shape index (κ1) is 34.7. The lowest BCUT2D eigenvalue weighted by Gasteiger charge is -2.46. The van der Waals surface area contributed by atoms with Gasteiger partial charge in [0.2, 0.25) is 0 Å². The number of nitrogens with zero attached hydrogens (tertiary/aromatic N) is 3. The number of fused-ring (bicyclic) bond motifs is 3. The third-order valence-electron chi connectivity index (χ3n) is 9.71. The maximum Gasteiger partial charge on any atom is 0.293 e. The van der Waals surface area contributed by atoms with E-state index in [-0.39, 0.29) is 16.1 Å². The highest BCUT2D eigenvalue weighted by Crippen LogP contribution is 2.35. The van der Waals surface area contributed by atoms with E-state index in [0.29, 0.717) is 19.1 Å². The molecule has 0 saturated carbocycles. The van der Waals surface area contributed by atoms with Crippen LogP contribution in [0.3, 0.4) is 0 Å². The number of carbonyl (C=O) groups excluding carboxylic acids is 1. The van der Waals surface area contributed by atoms with Crippen LogP contribution in [0.1, 0.15) is 27.9 Å². The van der Waals surface area contributed by atoms with E-state index in [0.717, 1.165) is 62.0 Å². The predicted molar refractivity (Wildman–Crippen MR) is 204 cm³/mol. The van der Waals surface area contributed by atoms with E-state index in [1.54, 1.807) is 12.1 Å². The van der Waals surface area contributed by atoms with E-state index < -0.39 is 26.5 Å². The second kappa shape index (κ2) is 15.3. The quantitative estimate of drug-likeness (QED) is 0.0747. The minimum Gasteiger partial charge on any atom is -0.383 e. The van der Waals surface area contributed by atoms with Crippen molar-refractivity contribution in [3.63, 3.8) is 0 Å². The predicted octanol–water partition coefficient (Wildman–Crippen LogP) is 6.54. The number of nitro benzene ring substituents is 1. The molecule has 3 N–H and O–H groups in total. The van der Waals surface area contributed by atoms with E-state index in [4.69, 9.17) is 0 Å². The van der Waals surface area contributed by atoms with Gasteiger partial charge in [0.1, 0.15) is 5.69 Å². The third-order valence-corrected chi connectivity index (χ3v) is 11.0. The summed E-state index contributed by atoms with van der Waals surface area (Å²) in [6.07, 6.45) is 1.68. The van der Waals surface area contributed by atoms with E-state index >= 15 is 0 Å². The number of sulfonamides is 1. The Morgan fingerprint density at radius 2 is 1.56 bits per heavy atom. The van der Waals surface area contributed by atoms with Gasteiger partial charge in [-0.1, -0.05) is 72.8 Å². The highest BCUT2D eigenvalue weighted by Gasteiger charge is 2.32. The minimum absolute atomic E-state index is 0.177. The highest BCUT2D eigenvalue weighted by molar-refractivity contribution is 7.90. The van der Waals surface area contributed by atoms with Gasteiger partial charge in [-0.2, -0.15) is 0 Å². The Hall–Kier alpha value is -5.72. The zero-order valence-electron chi connectivity index (χ0n) is 28.6. The molecule has 2 aliphatic rings. The molecule has 7 rings (SSSR count). The first-order valence-electron chi connectivity index (χ1n) is 17.4. The first-order chi connectivity index (χ1) is 25.2. The molecule has 2 heterocycles. The molecule has 12 heteroatoms. The molecule has 1 amide bonds. The summed E-state index contributed by atoms with van der Waals surface area (Å²) < 4.78 is 28.6. The number of rotatable bonds is 12. The monoisotopic (exact) mass is 716 g/mol. The maximum atomic E-state index is 13.3. The largest absolute Gasteiger partial charge is 0.383 e. The second-order valence-corrected chi connectivity index (χ2v) is 14.8. The van der Waals surface area contributed by atoms with Gasteiger partial charge in [0.25, 0.3) is 21.6 Å². The molecule has 2 aliphatic heterocycles. The number of carbonyl (C=O) groups is 1. The molecule has 1 saturated heterocycles. The minimum atomic E-state index is -4.39. The third kappa shape index (κ3) is 7.78. The summed E-state index contributed by atoms with van der Waals surface area (Å²) >= 11 is 0. The summed E-state index contributed by atoms with van der Waals surface area (Å²) in [6.45, 7) is 4.37. The zero-order chi connectivity index (χ0) is 36.1. The average molecular weight is 717 g/mol. The molecule has 0 bridgehead atoms. The van der Waals surface area contributed by atoms with E-state index in [2.05, 4.69) is 73.7 Å². The molecule has 0 radical (unpaired) electrons. The summed E-state index contributed by atoms with van der Waals surface area (Å²) in [4.78, 5) is 29.0. The molecule has 52 heavy (non-hydrogen) atoms. The SMILES string of the molecule is O=C(NS(=O)(=O)c1ccc(NCCNc2ccccc2)c([N+](=O)[O-])c1)c1ccc2c(c1)CC[C@H]1CN(Cc3ccccc3-c3ccccc3)CCN21. The van der Waals surface area contributed by atoms with Crippen LogP contribution in [0.5, 0.6) is 0 Å². The summed E-state index contributed by atoms with van der Waals surface area (Å²) in [5.41, 5.74) is 6.74. The number of anilines is 3. The van der Waals surface area contributed by atoms with Crippen molar-refractivity contribution in [1.29, 1.82) is 0 Å². The lowest BCUT2D eigenvalue weighted by Crippen LogP contribution is -2.54. The van der Waals surface area contributed by atoms with Crippen molar-refractivity contribution in [2.45, 2.75) is 30.3 Å². The van der Waals surface area contributed by atoms with Crippen molar-refractivity contribution in [2.24, 2.45) is 0 Å². The van der Waals surface area contributed by atoms with Gasteiger partial charge < -0.3 is 15.5 Å². The number of amides is 1. The van der Waals surface area contributed by atoms with Gasteiger partial charge in [-0.3, -0.25) is 19.8 Å². The second-order valence-electron chi connectivity index (χ2n) is 13.1. The van der Waals surface area contributed by atoms with Crippen LogP contribution in [-0.2, 0) is 23.0 Å². The molecule has 1 fully saturated rings. The zero-order valence-corrected chi connectivity index (χ0v) is 29.4. The van der Waals surface area contributed by atoms with Gasteiger partial charge in [-0.25, -0.2) is 13.1 Å². The van der Waals surface area contributed by atoms with Crippen molar-refractivity contribution in [3.8, 4) is 11.1 Å². The topological polar surface area (TPSA) is 137 Å². The van der Waals surface area contributed by atoms with Crippen LogP contribution in [0.15, 0.2) is 126 Å². The molecule has 0 unspecified atom stereocenters. The van der Waals surface area contributed by atoms with Gasteiger partial charge in [-0.15, -0.1) is 0 Å². The van der Waals surface area contributed by atoms with Crippen molar-refractivity contribution in [1.82, 2.24) is 9.62 Å². The summed E-state index contributed by atoms with van der Waals surface area (Å²) in [5.74, 6) is -0.788. The molecule has 1 atom stereocenters. The molecule has 11 nitrogen and oxygen atoms in total.